The van der Waals surface area contributed by atoms with Crippen LogP contribution in [0.2, 0.25) is 0 Å². The number of aryl methyl sites for hydroxylation is 1. The standard InChI is InChI=1S/C14H15/c1-2-3-7-12-9-6-10-13-8-4-5-11-14(12)13/h4-6,8-11H,1-3,7H2. The van der Waals surface area contributed by atoms with Crippen molar-refractivity contribution in [1.29, 1.82) is 0 Å². The van der Waals surface area contributed by atoms with Gasteiger partial charge >= 0.3 is 0 Å². The van der Waals surface area contributed by atoms with Crippen LogP contribution in [0.3, 0.4) is 0 Å². The van der Waals surface area contributed by atoms with Crippen LogP contribution in [0, 0.1) is 6.92 Å². The lowest BCUT2D eigenvalue weighted by Crippen LogP contribution is -1.86. The molecule has 0 N–H and O–H groups in total. The van der Waals surface area contributed by atoms with E-state index in [9.17, 15) is 0 Å². The van der Waals surface area contributed by atoms with Gasteiger partial charge in [0.15, 0.2) is 0 Å². The van der Waals surface area contributed by atoms with Gasteiger partial charge in [0, 0.05) is 0 Å². The molecule has 0 saturated carbocycles. The number of benzene rings is 2. The fourth-order valence-corrected chi connectivity index (χ4v) is 1.83. The van der Waals surface area contributed by atoms with E-state index in [4.69, 9.17) is 0 Å². The summed E-state index contributed by atoms with van der Waals surface area (Å²) in [6.07, 6.45) is 3.34. The van der Waals surface area contributed by atoms with Crippen molar-refractivity contribution >= 4 is 10.8 Å². The first-order chi connectivity index (χ1) is 6.92. The Morgan fingerprint density at radius 1 is 0.929 bits per heavy atom. The quantitative estimate of drug-likeness (QED) is 0.674. The Kier molecular flexibility index (Phi) is 2.83. The van der Waals surface area contributed by atoms with Crippen LogP contribution in [-0.2, 0) is 6.42 Å². The number of hydrogen-bond donors (Lipinski definition) is 0. The van der Waals surface area contributed by atoms with Gasteiger partial charge in [-0.3, -0.25) is 0 Å². The van der Waals surface area contributed by atoms with E-state index in [1.807, 2.05) is 0 Å². The fourth-order valence-electron chi connectivity index (χ4n) is 1.83. The van der Waals surface area contributed by atoms with Gasteiger partial charge in [-0.15, -0.1) is 0 Å². The zero-order valence-electron chi connectivity index (χ0n) is 8.37. The van der Waals surface area contributed by atoms with Crippen LogP contribution in [0.15, 0.2) is 42.5 Å². The Hall–Kier alpha value is -1.30. The van der Waals surface area contributed by atoms with Crippen LogP contribution < -0.4 is 0 Å². The van der Waals surface area contributed by atoms with Gasteiger partial charge in [-0.25, -0.2) is 0 Å². The van der Waals surface area contributed by atoms with E-state index in [0.717, 1.165) is 12.8 Å². The van der Waals surface area contributed by atoms with Crippen molar-refractivity contribution in [3.8, 4) is 0 Å². The minimum atomic E-state index is 1.02. The molecule has 2 aromatic rings. The Morgan fingerprint density at radius 3 is 2.57 bits per heavy atom. The molecule has 0 aromatic heterocycles. The van der Waals surface area contributed by atoms with Gasteiger partial charge in [-0.1, -0.05) is 55.8 Å². The fraction of sp³-hybridized carbons (Fsp3) is 0.214. The molecule has 0 heterocycles. The predicted octanol–water partition coefficient (Wildman–Crippen LogP) is 4.00. The molecule has 0 aliphatic rings. The van der Waals surface area contributed by atoms with Crippen molar-refractivity contribution in [2.24, 2.45) is 0 Å². The zero-order valence-corrected chi connectivity index (χ0v) is 8.37. The maximum absolute atomic E-state index is 3.88. The lowest BCUT2D eigenvalue weighted by Gasteiger charge is -2.04. The van der Waals surface area contributed by atoms with E-state index in [2.05, 4.69) is 49.4 Å². The second kappa shape index (κ2) is 4.28. The lowest BCUT2D eigenvalue weighted by atomic mass is 10.0. The van der Waals surface area contributed by atoms with Gasteiger partial charge in [0.05, 0.1) is 0 Å². The van der Waals surface area contributed by atoms with Gasteiger partial charge in [-0.2, -0.15) is 0 Å². The van der Waals surface area contributed by atoms with Crippen molar-refractivity contribution in [2.75, 3.05) is 0 Å². The Bertz CT molecular complexity index is 410. The van der Waals surface area contributed by atoms with E-state index in [-0.39, 0.29) is 0 Å². The molecule has 71 valence electrons. The predicted molar refractivity (Wildman–Crippen MR) is 62.2 cm³/mol. The third-order valence-electron chi connectivity index (χ3n) is 2.58. The highest BCUT2D eigenvalue weighted by atomic mass is 14.0. The average molecular weight is 183 g/mol. The SMILES string of the molecule is [CH2]CCCc1cccc2ccccc12. The molecule has 0 bridgehead atoms. The van der Waals surface area contributed by atoms with Gasteiger partial charge in [0.2, 0.25) is 0 Å². The third-order valence-corrected chi connectivity index (χ3v) is 2.58. The van der Waals surface area contributed by atoms with Crippen molar-refractivity contribution in [2.45, 2.75) is 19.3 Å². The van der Waals surface area contributed by atoms with E-state index in [1.165, 1.54) is 22.8 Å². The summed E-state index contributed by atoms with van der Waals surface area (Å²) in [4.78, 5) is 0. The van der Waals surface area contributed by atoms with E-state index in [1.54, 1.807) is 0 Å². The average Bonchev–Trinajstić information content (AvgIpc) is 2.26. The van der Waals surface area contributed by atoms with Crippen LogP contribution in [-0.4, -0.2) is 0 Å². The summed E-state index contributed by atoms with van der Waals surface area (Å²) in [6, 6.07) is 15.1. The van der Waals surface area contributed by atoms with Gasteiger partial charge in [-0.05, 0) is 29.2 Å². The van der Waals surface area contributed by atoms with Crippen LogP contribution in [0.25, 0.3) is 10.8 Å². The first-order valence-electron chi connectivity index (χ1n) is 5.17. The molecule has 0 spiro atoms. The lowest BCUT2D eigenvalue weighted by molar-refractivity contribution is 0.846. The molecule has 2 rings (SSSR count). The number of rotatable bonds is 3. The molecule has 0 unspecified atom stereocenters. The topological polar surface area (TPSA) is 0 Å². The maximum Gasteiger partial charge on any atom is -0.0152 e. The minimum absolute atomic E-state index is 1.02. The summed E-state index contributed by atoms with van der Waals surface area (Å²) in [5.41, 5.74) is 1.45. The minimum Gasteiger partial charge on any atom is -0.0616 e. The number of unbranched alkanes of at least 4 members (excludes halogenated alkanes) is 1. The molecular formula is C14H15. The molecule has 0 aliphatic heterocycles. The number of hydrogen-bond acceptors (Lipinski definition) is 0. The summed E-state index contributed by atoms with van der Waals surface area (Å²) in [5.74, 6) is 0. The molecule has 0 saturated heterocycles. The monoisotopic (exact) mass is 183 g/mol. The van der Waals surface area contributed by atoms with Gasteiger partial charge in [0.25, 0.3) is 0 Å². The largest absolute Gasteiger partial charge is 0.0616 e. The van der Waals surface area contributed by atoms with Crippen molar-refractivity contribution in [3.63, 3.8) is 0 Å². The Labute approximate surface area is 85.6 Å². The molecule has 1 radical (unpaired) electrons. The third kappa shape index (κ3) is 1.79. The second-order valence-electron chi connectivity index (χ2n) is 3.60. The summed E-state index contributed by atoms with van der Waals surface area (Å²) < 4.78 is 0. The van der Waals surface area contributed by atoms with Crippen molar-refractivity contribution in [3.05, 3.63) is 55.0 Å². The van der Waals surface area contributed by atoms with Crippen molar-refractivity contribution < 1.29 is 0 Å². The second-order valence-corrected chi connectivity index (χ2v) is 3.60. The first kappa shape index (κ1) is 9.26. The summed E-state index contributed by atoms with van der Waals surface area (Å²) >= 11 is 0. The maximum atomic E-state index is 3.88. The first-order valence-corrected chi connectivity index (χ1v) is 5.17. The molecule has 0 atom stereocenters. The van der Waals surface area contributed by atoms with Crippen LogP contribution in [0.5, 0.6) is 0 Å². The molecular weight excluding hydrogens is 168 g/mol. The highest BCUT2D eigenvalue weighted by Gasteiger charge is 1.98. The summed E-state index contributed by atoms with van der Waals surface area (Å²) in [5, 5.41) is 2.73. The summed E-state index contributed by atoms with van der Waals surface area (Å²) in [6.45, 7) is 3.88. The molecule has 2 aromatic carbocycles. The number of fused-ring (bicyclic) bond motifs is 1. The summed E-state index contributed by atoms with van der Waals surface area (Å²) in [7, 11) is 0. The smallest absolute Gasteiger partial charge is 0.0152 e. The van der Waals surface area contributed by atoms with E-state index in [0.29, 0.717) is 0 Å². The zero-order chi connectivity index (χ0) is 9.80. The highest BCUT2D eigenvalue weighted by molar-refractivity contribution is 5.85. The molecule has 0 nitrogen and oxygen atoms in total. The highest BCUT2D eigenvalue weighted by Crippen LogP contribution is 2.19. The van der Waals surface area contributed by atoms with E-state index < -0.39 is 0 Å². The van der Waals surface area contributed by atoms with Crippen LogP contribution in [0.1, 0.15) is 18.4 Å². The molecule has 0 aliphatic carbocycles. The molecule has 0 heteroatoms. The van der Waals surface area contributed by atoms with E-state index >= 15 is 0 Å². The van der Waals surface area contributed by atoms with Gasteiger partial charge < -0.3 is 0 Å². The van der Waals surface area contributed by atoms with Crippen LogP contribution in [0.4, 0.5) is 0 Å². The van der Waals surface area contributed by atoms with Crippen molar-refractivity contribution in [1.82, 2.24) is 0 Å². The van der Waals surface area contributed by atoms with Gasteiger partial charge in [0.1, 0.15) is 0 Å². The molecule has 0 amide bonds. The molecule has 14 heavy (non-hydrogen) atoms. The molecule has 0 fully saturated rings. The Balaban J connectivity index is 2.43. The van der Waals surface area contributed by atoms with Crippen LogP contribution >= 0.6 is 0 Å². The Morgan fingerprint density at radius 2 is 1.71 bits per heavy atom. The normalized spacial score (nSPS) is 10.6.